The Kier molecular flexibility index (Phi) is 14.1. The van der Waals surface area contributed by atoms with Crippen LogP contribution in [0, 0.1) is 0 Å². The van der Waals surface area contributed by atoms with Crippen LogP contribution in [0.5, 0.6) is 11.5 Å². The van der Waals surface area contributed by atoms with Gasteiger partial charge in [-0.05, 0) is 131 Å². The molecule has 2 aliphatic heterocycles. The first kappa shape index (κ1) is 40.6. The van der Waals surface area contributed by atoms with Gasteiger partial charge in [-0.15, -0.1) is 0 Å². The molecule has 0 bridgehead atoms. The van der Waals surface area contributed by atoms with Crippen molar-refractivity contribution in [3.63, 3.8) is 0 Å². The van der Waals surface area contributed by atoms with Gasteiger partial charge in [-0.25, -0.2) is 8.42 Å². The summed E-state index contributed by atoms with van der Waals surface area (Å²) in [6, 6.07) is 3.08. The van der Waals surface area contributed by atoms with Gasteiger partial charge in [0, 0.05) is 23.2 Å². The highest BCUT2D eigenvalue weighted by atomic mass is 32.2. The van der Waals surface area contributed by atoms with Crippen LogP contribution in [0.25, 0.3) is 5.57 Å². The maximum Gasteiger partial charge on any atom is 0.211 e. The van der Waals surface area contributed by atoms with Crippen molar-refractivity contribution >= 4 is 27.0 Å². The molecule has 1 aromatic carbocycles. The summed E-state index contributed by atoms with van der Waals surface area (Å²) in [4.78, 5) is 27.8. The molecule has 3 aliphatic rings. The number of benzene rings is 1. The number of Topliss-reactive ketones (excluding diaryl/α,β-unsaturated/α-hetero) is 2. The quantitative estimate of drug-likeness (QED) is 0.137. The lowest BCUT2D eigenvalue weighted by Crippen LogP contribution is -2.44. The van der Waals surface area contributed by atoms with Crippen LogP contribution in [0.2, 0.25) is 0 Å². The number of hydrogen-bond donors (Lipinski definition) is 2. The molecule has 7 nitrogen and oxygen atoms in total. The second-order valence-electron chi connectivity index (χ2n) is 15.0. The number of rotatable bonds is 15. The van der Waals surface area contributed by atoms with E-state index in [0.29, 0.717) is 29.7 Å². The Bertz CT molecular complexity index is 1940. The molecule has 0 fully saturated rings. The summed E-state index contributed by atoms with van der Waals surface area (Å²) in [5.74, 6) is -1.21. The van der Waals surface area contributed by atoms with Gasteiger partial charge in [0.25, 0.3) is 0 Å². The monoisotopic (exact) mass is 727 g/mol. The van der Waals surface area contributed by atoms with Crippen LogP contribution in [0.1, 0.15) is 118 Å². The molecule has 0 spiro atoms. The average molecular weight is 728 g/mol. The molecule has 0 aromatic heterocycles. The third kappa shape index (κ3) is 10.5. The normalized spacial score (nSPS) is 19.0. The number of fused-ring (bicyclic) bond motifs is 2. The number of ketones is 2. The third-order valence-electron chi connectivity index (χ3n) is 9.69. The Labute approximate surface area is 311 Å². The first-order valence-electron chi connectivity index (χ1n) is 18.6. The van der Waals surface area contributed by atoms with Crippen LogP contribution in [-0.2, 0) is 25.8 Å². The topological polar surface area (TPSA) is 110 Å². The highest BCUT2D eigenvalue weighted by Crippen LogP contribution is 2.46. The fourth-order valence-electron chi connectivity index (χ4n) is 6.76. The van der Waals surface area contributed by atoms with E-state index >= 15 is 0 Å². The van der Waals surface area contributed by atoms with Gasteiger partial charge in [0.1, 0.15) is 28.2 Å². The minimum Gasteiger partial charge on any atom is -0.508 e. The largest absolute Gasteiger partial charge is 0.508 e. The smallest absolute Gasteiger partial charge is 0.211 e. The molecule has 280 valence electrons. The van der Waals surface area contributed by atoms with E-state index in [1.54, 1.807) is 6.07 Å². The number of sulfone groups is 1. The maximum atomic E-state index is 14.2. The van der Waals surface area contributed by atoms with Crippen LogP contribution >= 0.6 is 0 Å². The van der Waals surface area contributed by atoms with Crippen molar-refractivity contribution in [2.45, 2.75) is 119 Å². The zero-order chi connectivity index (χ0) is 38.2. The van der Waals surface area contributed by atoms with Gasteiger partial charge in [-0.2, -0.15) is 0 Å². The molecule has 0 saturated carbocycles. The average Bonchev–Trinajstić information content (AvgIpc) is 3.05. The fourth-order valence-corrected chi connectivity index (χ4v) is 8.21. The van der Waals surface area contributed by atoms with Crippen molar-refractivity contribution in [3.8, 4) is 11.5 Å². The highest BCUT2D eigenvalue weighted by Gasteiger charge is 2.48. The van der Waals surface area contributed by atoms with Crippen LogP contribution in [-0.4, -0.2) is 43.5 Å². The van der Waals surface area contributed by atoms with Gasteiger partial charge in [-0.3, -0.25) is 9.59 Å². The number of carbonyl (C=O) groups excluding carboxylic acids is 2. The van der Waals surface area contributed by atoms with Gasteiger partial charge < -0.3 is 15.2 Å². The summed E-state index contributed by atoms with van der Waals surface area (Å²) < 4.78 is 32.9. The molecule has 1 unspecified atom stereocenters. The third-order valence-corrected chi connectivity index (χ3v) is 11.4. The summed E-state index contributed by atoms with van der Waals surface area (Å²) in [7, 11) is -3.98. The number of phenols is 1. The number of nitrogens with one attached hydrogen (secondary N) is 1. The lowest BCUT2D eigenvalue weighted by molar-refractivity contribution is -0.115. The van der Waals surface area contributed by atoms with Crippen LogP contribution in [0.15, 0.2) is 98.2 Å². The van der Waals surface area contributed by atoms with Crippen molar-refractivity contribution < 1.29 is 27.9 Å². The second-order valence-corrected chi connectivity index (χ2v) is 17.0. The van der Waals surface area contributed by atoms with E-state index in [-0.39, 0.29) is 34.9 Å². The van der Waals surface area contributed by atoms with Crippen molar-refractivity contribution in [2.75, 3.05) is 12.3 Å². The van der Waals surface area contributed by atoms with E-state index < -0.39 is 32.4 Å². The summed E-state index contributed by atoms with van der Waals surface area (Å²) in [5.41, 5.74) is 8.35. The summed E-state index contributed by atoms with van der Waals surface area (Å²) in [6.45, 7) is 16.8. The Balaban J connectivity index is 1.66. The van der Waals surface area contributed by atoms with E-state index in [1.807, 2.05) is 13.0 Å². The van der Waals surface area contributed by atoms with E-state index in [1.165, 1.54) is 33.9 Å². The molecule has 2 heterocycles. The van der Waals surface area contributed by atoms with Crippen LogP contribution in [0.3, 0.4) is 0 Å². The Morgan fingerprint density at radius 1 is 0.769 bits per heavy atom. The van der Waals surface area contributed by atoms with Gasteiger partial charge >= 0.3 is 0 Å². The molecule has 0 saturated heterocycles. The first-order valence-corrected chi connectivity index (χ1v) is 20.2. The molecule has 8 heteroatoms. The highest BCUT2D eigenvalue weighted by molar-refractivity contribution is 7.96. The maximum absolute atomic E-state index is 14.2. The van der Waals surface area contributed by atoms with Crippen LogP contribution in [0.4, 0.5) is 0 Å². The van der Waals surface area contributed by atoms with Crippen molar-refractivity contribution in [1.29, 1.82) is 0 Å². The number of carbonyl (C=O) groups is 2. The van der Waals surface area contributed by atoms with Gasteiger partial charge in [0.05, 0.1) is 11.3 Å². The fraction of sp³-hybridized carbons (Fsp3) is 0.455. The van der Waals surface area contributed by atoms with E-state index in [4.69, 9.17) is 4.74 Å². The lowest BCUT2D eigenvalue weighted by Gasteiger charge is -2.35. The number of hydrogen-bond acceptors (Lipinski definition) is 7. The van der Waals surface area contributed by atoms with Crippen molar-refractivity contribution in [1.82, 2.24) is 5.32 Å². The molecule has 0 radical (unpaired) electrons. The van der Waals surface area contributed by atoms with Gasteiger partial charge in [-0.1, -0.05) is 63.8 Å². The Morgan fingerprint density at radius 2 is 1.31 bits per heavy atom. The van der Waals surface area contributed by atoms with E-state index in [0.717, 1.165) is 50.5 Å². The van der Waals surface area contributed by atoms with Gasteiger partial charge in [0.15, 0.2) is 9.84 Å². The minimum absolute atomic E-state index is 0.00587. The first-order chi connectivity index (χ1) is 24.6. The number of ether oxygens (including phenoxy) is 1. The van der Waals surface area contributed by atoms with E-state index in [2.05, 4.69) is 84.2 Å². The molecule has 52 heavy (non-hydrogen) atoms. The van der Waals surface area contributed by atoms with Gasteiger partial charge in [0.2, 0.25) is 11.6 Å². The minimum atomic E-state index is -3.98. The lowest BCUT2D eigenvalue weighted by atomic mass is 9.81. The molecular weight excluding hydrogens is 671 g/mol. The molecule has 1 aromatic rings. The number of allylic oxidation sites excluding steroid dienone is 13. The molecule has 1 aliphatic carbocycles. The summed E-state index contributed by atoms with van der Waals surface area (Å²) in [6.07, 6.45) is 19.8. The molecular formula is C44H57NO6S. The zero-order valence-electron chi connectivity index (χ0n) is 32.4. The molecule has 2 N–H and O–H groups in total. The van der Waals surface area contributed by atoms with Crippen LogP contribution < -0.4 is 10.1 Å². The molecule has 4 rings (SSSR count). The zero-order valence-corrected chi connectivity index (χ0v) is 33.2. The SMILES string of the molecule is CC(C)=CCC/C(C)=C/CC/C(C)=C/Cc1cc(O)cc2c1OC(/C=C(\C)CC/C=C(\C)CCC=C(C)C)C1=C2C(=O)C2=C(C1=O)S(=O)(=O)CCN2. The molecule has 0 amide bonds. The standard InChI is InChI=1S/C44H57NO6S/c1-28(2)13-9-15-30(5)17-11-19-32(7)21-22-34-26-35(46)27-36-38-39(42(48)44-40(41(38)47)45-23-24-52(44,49)50)37(51-43(34)36)25-33(8)20-12-18-31(6)16-10-14-29(3)4/h13-14,17-18,21,25-27,37,45-46H,9-12,15-16,19-20,22-24H2,1-8H3/b30-17+,31-18+,32-21+,33-25+. The second kappa shape index (κ2) is 18.0. The number of aromatic hydroxyl groups is 1. The number of phenolic OH excluding ortho intramolecular Hbond substituents is 1. The van der Waals surface area contributed by atoms with E-state index in [9.17, 15) is 23.1 Å². The van der Waals surface area contributed by atoms with Crippen molar-refractivity contribution in [3.05, 3.63) is 109 Å². The summed E-state index contributed by atoms with van der Waals surface area (Å²) >= 11 is 0. The Morgan fingerprint density at radius 3 is 1.88 bits per heavy atom. The van der Waals surface area contributed by atoms with Crippen molar-refractivity contribution in [2.24, 2.45) is 0 Å². The predicted octanol–water partition coefficient (Wildman–Crippen LogP) is 9.67. The summed E-state index contributed by atoms with van der Waals surface area (Å²) in [5, 5.41) is 13.8. The Hall–Kier alpha value is -4.17. The predicted molar refractivity (Wildman–Crippen MR) is 213 cm³/mol. The molecule has 1 atom stereocenters.